The van der Waals surface area contributed by atoms with E-state index < -0.39 is 53.3 Å². The van der Waals surface area contributed by atoms with Gasteiger partial charge in [0.05, 0.1) is 22.2 Å². The lowest BCUT2D eigenvalue weighted by Crippen LogP contribution is -2.20. The predicted molar refractivity (Wildman–Crippen MR) is 86.7 cm³/mol. The Balaban J connectivity index is 2.04. The molecule has 0 spiro atoms. The molecule has 0 aliphatic rings. The first-order valence-electron chi connectivity index (χ1n) is 8.96. The van der Waals surface area contributed by atoms with Gasteiger partial charge in [-0.2, -0.15) is 18.2 Å². The number of pyridine rings is 1. The van der Waals surface area contributed by atoms with Crippen molar-refractivity contribution in [2.75, 3.05) is 6.61 Å². The first kappa shape index (κ1) is 13.0. The smallest absolute Gasteiger partial charge is 0.422 e. The van der Waals surface area contributed by atoms with Gasteiger partial charge in [0.25, 0.3) is 0 Å². The summed E-state index contributed by atoms with van der Waals surface area (Å²) < 4.78 is 87.0. The van der Waals surface area contributed by atoms with Crippen LogP contribution in [0.5, 0.6) is 5.75 Å². The van der Waals surface area contributed by atoms with Crippen molar-refractivity contribution in [3.8, 4) is 5.75 Å². The molecule has 0 bridgehead atoms. The number of benzene rings is 1. The molecule has 1 N–H and O–H groups in total. The third-order valence-corrected chi connectivity index (χ3v) is 4.07. The third kappa shape index (κ3) is 4.23. The quantitative estimate of drug-likeness (QED) is 0.695. The van der Waals surface area contributed by atoms with Crippen molar-refractivity contribution in [3.63, 3.8) is 0 Å². The molecule has 0 aliphatic carbocycles. The summed E-state index contributed by atoms with van der Waals surface area (Å²) in [5.74, 6) is -0.636. The molecule has 1 unspecified atom stereocenters. The second-order valence-corrected chi connectivity index (χ2v) is 6.11. The highest BCUT2D eigenvalue weighted by Gasteiger charge is 2.29. The van der Waals surface area contributed by atoms with E-state index in [0.29, 0.717) is 11.0 Å². The fraction of sp³-hybridized carbons (Fsp3) is 0.250. The molecule has 2 heterocycles. The van der Waals surface area contributed by atoms with Gasteiger partial charge >= 0.3 is 11.3 Å². The van der Waals surface area contributed by atoms with Crippen molar-refractivity contribution in [2.45, 2.75) is 24.0 Å². The summed E-state index contributed by atoms with van der Waals surface area (Å²) in [6.45, 7) is -0.530. The van der Waals surface area contributed by atoms with Gasteiger partial charge < -0.3 is 9.29 Å². The molecule has 1 atom stereocenters. The molecule has 0 aliphatic heterocycles. The number of fused-ring (bicyclic) bond motifs is 1. The van der Waals surface area contributed by atoms with Gasteiger partial charge in [-0.1, -0.05) is 12.1 Å². The first-order valence-corrected chi connectivity index (χ1v) is 8.11. The van der Waals surface area contributed by atoms with Gasteiger partial charge in [-0.15, -0.1) is 0 Å². The third-order valence-electron chi connectivity index (χ3n) is 3.15. The van der Waals surface area contributed by atoms with Crippen molar-refractivity contribution in [1.82, 2.24) is 15.0 Å². The topological polar surface area (TPSA) is 73.9 Å². The lowest BCUT2D eigenvalue weighted by atomic mass is 10.2. The van der Waals surface area contributed by atoms with Crippen LogP contribution in [0, 0.1) is 6.92 Å². The molecule has 0 amide bonds. The Labute approximate surface area is 150 Å². The minimum Gasteiger partial charge on any atom is -0.609 e. The Hall–Kier alpha value is -2.26. The lowest BCUT2D eigenvalue weighted by Gasteiger charge is -2.14. The SMILES string of the molecule is [2H]c1nc(C([2H])([2H])[S+]([O-])c2nc3ccccc3[nH]2)c(C)c(OCC(F)(F)F)c1[2H]. The zero-order valence-corrected chi connectivity index (χ0v) is 13.6. The van der Waals surface area contributed by atoms with Gasteiger partial charge in [-0.25, -0.2) is 0 Å². The highest BCUT2D eigenvalue weighted by atomic mass is 32.2. The maximum atomic E-state index is 12.9. The van der Waals surface area contributed by atoms with Gasteiger partial charge in [0.1, 0.15) is 5.75 Å². The molecule has 3 rings (SSSR count). The van der Waals surface area contributed by atoms with Crippen molar-refractivity contribution >= 4 is 22.2 Å². The van der Waals surface area contributed by atoms with Crippen molar-refractivity contribution in [1.29, 1.82) is 0 Å². The Kier molecular flexibility index (Phi) is 3.61. The number of rotatable bonds is 5. The molecular weight excluding hydrogens is 355 g/mol. The number of hydrogen-bond donors (Lipinski definition) is 1. The summed E-state index contributed by atoms with van der Waals surface area (Å²) in [7, 11) is 0. The summed E-state index contributed by atoms with van der Waals surface area (Å²) in [4.78, 5) is 10.5. The number of aromatic nitrogens is 3. The van der Waals surface area contributed by atoms with E-state index in [4.69, 9.17) is 5.48 Å². The number of imidazole rings is 1. The number of aromatic amines is 1. The van der Waals surface area contributed by atoms with Gasteiger partial charge in [-0.05, 0) is 25.1 Å². The van der Waals surface area contributed by atoms with Crippen LogP contribution in [0.1, 0.15) is 16.7 Å². The Morgan fingerprint density at radius 1 is 1.40 bits per heavy atom. The van der Waals surface area contributed by atoms with Crippen LogP contribution >= 0.6 is 0 Å². The lowest BCUT2D eigenvalue weighted by molar-refractivity contribution is -0.153. The van der Waals surface area contributed by atoms with Crippen LogP contribution in [0.15, 0.2) is 41.6 Å². The van der Waals surface area contributed by atoms with Crippen LogP contribution < -0.4 is 4.74 Å². The molecular formula is C16H14F3N3O2S. The largest absolute Gasteiger partial charge is 0.609 e. The molecule has 0 saturated heterocycles. The average molecular weight is 373 g/mol. The molecule has 132 valence electrons. The molecule has 0 radical (unpaired) electrons. The van der Waals surface area contributed by atoms with Gasteiger partial charge in [-0.3, -0.25) is 9.97 Å². The van der Waals surface area contributed by atoms with E-state index in [1.165, 1.54) is 6.92 Å². The number of H-pyrrole nitrogens is 1. The monoisotopic (exact) mass is 373 g/mol. The maximum absolute atomic E-state index is 12.9. The number of nitrogens with one attached hydrogen (secondary N) is 1. The van der Waals surface area contributed by atoms with Crippen molar-refractivity contribution in [3.05, 3.63) is 47.7 Å². The molecule has 9 heteroatoms. The second-order valence-electron chi connectivity index (χ2n) is 4.99. The average Bonchev–Trinajstić information content (AvgIpc) is 3.07. The van der Waals surface area contributed by atoms with E-state index in [-0.39, 0.29) is 10.7 Å². The van der Waals surface area contributed by atoms with E-state index in [0.717, 1.165) is 0 Å². The zero-order valence-electron chi connectivity index (χ0n) is 16.8. The van der Waals surface area contributed by atoms with Crippen LogP contribution in [-0.4, -0.2) is 32.3 Å². The minimum absolute atomic E-state index is 0.198. The van der Waals surface area contributed by atoms with Gasteiger partial charge in [0.15, 0.2) is 12.3 Å². The molecule has 5 nitrogen and oxygen atoms in total. The molecule has 3 aromatic rings. The summed E-state index contributed by atoms with van der Waals surface area (Å²) >= 11 is -2.45. The van der Waals surface area contributed by atoms with Crippen molar-refractivity contribution < 1.29 is 27.9 Å². The summed E-state index contributed by atoms with van der Waals surface area (Å²) in [5, 5.41) is -0.198. The second kappa shape index (κ2) is 6.93. The normalized spacial score (nSPS) is 16.0. The molecule has 2 aromatic heterocycles. The van der Waals surface area contributed by atoms with E-state index in [1.807, 2.05) is 0 Å². The number of para-hydroxylation sites is 2. The van der Waals surface area contributed by atoms with Gasteiger partial charge in [0, 0.05) is 22.9 Å². The predicted octanol–water partition coefficient (Wildman–Crippen LogP) is 3.52. The van der Waals surface area contributed by atoms with Gasteiger partial charge in [0.2, 0.25) is 0 Å². The standard InChI is InChI=1S/C16H14F3N3O2S/c1-10-13(20-7-6-14(10)24-9-16(17,18)19)8-25(23)15-21-11-4-2-3-5-12(11)22-15/h2-7H,8-9H2,1H3,(H,21,22)/i6D,7D,8D2. The summed E-state index contributed by atoms with van der Waals surface area (Å²) in [6, 6.07) is 5.96. The van der Waals surface area contributed by atoms with E-state index in [9.17, 15) is 17.7 Å². The fourth-order valence-corrected chi connectivity index (χ4v) is 2.83. The number of halogens is 3. The number of alkyl halides is 3. The highest BCUT2D eigenvalue weighted by molar-refractivity contribution is 7.90. The number of hydrogen-bond acceptors (Lipinski definition) is 4. The molecule has 25 heavy (non-hydrogen) atoms. The molecule has 0 fully saturated rings. The highest BCUT2D eigenvalue weighted by Crippen LogP contribution is 2.25. The van der Waals surface area contributed by atoms with Crippen LogP contribution in [-0.2, 0) is 16.9 Å². The molecule has 0 saturated carbocycles. The van der Waals surface area contributed by atoms with E-state index in [2.05, 4.69) is 19.7 Å². The van der Waals surface area contributed by atoms with Crippen LogP contribution in [0.25, 0.3) is 11.0 Å². The Morgan fingerprint density at radius 3 is 2.88 bits per heavy atom. The summed E-state index contributed by atoms with van der Waals surface area (Å²) in [6.07, 6.45) is -5.49. The molecule has 1 aromatic carbocycles. The van der Waals surface area contributed by atoms with Crippen LogP contribution in [0.2, 0.25) is 0 Å². The zero-order chi connectivity index (χ0) is 21.6. The first-order chi connectivity index (χ1) is 13.4. The fourth-order valence-electron chi connectivity index (χ4n) is 1.97. The van der Waals surface area contributed by atoms with Crippen LogP contribution in [0.4, 0.5) is 13.2 Å². The maximum Gasteiger partial charge on any atom is 0.422 e. The van der Waals surface area contributed by atoms with E-state index >= 15 is 0 Å². The number of nitrogens with zero attached hydrogens (tertiary/aromatic N) is 2. The Morgan fingerprint density at radius 2 is 2.16 bits per heavy atom. The van der Waals surface area contributed by atoms with Crippen molar-refractivity contribution in [2.24, 2.45) is 0 Å². The Bertz CT molecular complexity index is 1030. The number of ether oxygens (including phenoxy) is 1. The van der Waals surface area contributed by atoms with E-state index in [1.54, 1.807) is 24.3 Å². The summed E-state index contributed by atoms with van der Waals surface area (Å²) in [5.41, 5.74) is -2.56. The van der Waals surface area contributed by atoms with Crippen LogP contribution in [0.3, 0.4) is 0 Å². The minimum atomic E-state index is -4.69.